The minimum atomic E-state index is -0.216. The summed E-state index contributed by atoms with van der Waals surface area (Å²) in [4.78, 5) is 24.2. The predicted molar refractivity (Wildman–Crippen MR) is 125 cm³/mol. The summed E-state index contributed by atoms with van der Waals surface area (Å²) in [7, 11) is 0. The third-order valence-electron chi connectivity index (χ3n) is 4.55. The molecule has 0 radical (unpaired) electrons. The Bertz CT molecular complexity index is 1080. The Balaban J connectivity index is 0.00000320. The number of carbonyl (C=O) groups is 1. The number of rotatable bonds is 9. The smallest absolute Gasteiger partial charge is 0.272 e. The van der Waals surface area contributed by atoms with E-state index in [4.69, 9.17) is 0 Å². The van der Waals surface area contributed by atoms with Crippen LogP contribution in [0.25, 0.3) is 22.0 Å². The molecule has 2 aromatic carbocycles. The van der Waals surface area contributed by atoms with Crippen LogP contribution < -0.4 is 16.2 Å². The van der Waals surface area contributed by atoms with Gasteiger partial charge in [0.25, 0.3) is 5.56 Å². The lowest BCUT2D eigenvalue weighted by Crippen LogP contribution is -2.18. The number of anilines is 1. The van der Waals surface area contributed by atoms with E-state index in [0.29, 0.717) is 23.2 Å². The van der Waals surface area contributed by atoms with E-state index < -0.39 is 0 Å². The van der Waals surface area contributed by atoms with Crippen molar-refractivity contribution >= 4 is 34.8 Å². The second-order valence-electron chi connectivity index (χ2n) is 7.17. The van der Waals surface area contributed by atoms with Crippen LogP contribution >= 0.6 is 12.4 Å². The van der Waals surface area contributed by atoms with E-state index >= 15 is 0 Å². The molecular weight excluding hydrogens is 400 g/mol. The number of aromatic amines is 1. The molecule has 158 valence electrons. The zero-order valence-corrected chi connectivity index (χ0v) is 17.8. The molecule has 0 spiro atoms. The van der Waals surface area contributed by atoms with Gasteiger partial charge in [-0.25, -0.2) is 5.10 Å². The van der Waals surface area contributed by atoms with Crippen molar-refractivity contribution in [3.05, 3.63) is 71.0 Å². The zero-order chi connectivity index (χ0) is 20.6. The van der Waals surface area contributed by atoms with Crippen LogP contribution in [0.4, 0.5) is 5.69 Å². The topological polar surface area (TPSA) is 86.9 Å². The van der Waals surface area contributed by atoms with Gasteiger partial charge in [-0.2, -0.15) is 5.10 Å². The van der Waals surface area contributed by atoms with Crippen LogP contribution in [0, 0.1) is 0 Å². The van der Waals surface area contributed by atoms with Crippen molar-refractivity contribution < 1.29 is 4.79 Å². The van der Waals surface area contributed by atoms with Gasteiger partial charge >= 0.3 is 0 Å². The van der Waals surface area contributed by atoms with Crippen LogP contribution in [0.5, 0.6) is 0 Å². The SMILES string of the molecule is C=C(C)CNCCCCC(=O)Nc1cccc(-c2n[nH]c(=O)c3ccccc23)c1.Cl. The summed E-state index contributed by atoms with van der Waals surface area (Å²) in [5, 5.41) is 14.4. The summed E-state index contributed by atoms with van der Waals surface area (Å²) in [6, 6.07) is 14.9. The Kier molecular flexibility index (Phi) is 8.77. The molecule has 0 saturated carbocycles. The summed E-state index contributed by atoms with van der Waals surface area (Å²) in [5.41, 5.74) is 3.11. The third kappa shape index (κ3) is 6.27. The van der Waals surface area contributed by atoms with Crippen molar-refractivity contribution in [2.75, 3.05) is 18.4 Å². The van der Waals surface area contributed by atoms with Crippen molar-refractivity contribution in [2.24, 2.45) is 0 Å². The molecule has 0 fully saturated rings. The van der Waals surface area contributed by atoms with Crippen LogP contribution in [0.1, 0.15) is 26.2 Å². The molecule has 0 aliphatic rings. The normalized spacial score (nSPS) is 10.4. The van der Waals surface area contributed by atoms with Gasteiger partial charge in [0, 0.05) is 29.6 Å². The highest BCUT2D eigenvalue weighted by molar-refractivity contribution is 5.95. The first-order valence-electron chi connectivity index (χ1n) is 9.77. The van der Waals surface area contributed by atoms with Gasteiger partial charge in [-0.15, -0.1) is 12.4 Å². The first kappa shape index (κ1) is 23.3. The Morgan fingerprint density at radius 1 is 1.10 bits per heavy atom. The fourth-order valence-electron chi connectivity index (χ4n) is 3.14. The molecule has 3 aromatic rings. The highest BCUT2D eigenvalue weighted by atomic mass is 35.5. The fraction of sp³-hybridized carbons (Fsp3) is 0.261. The number of benzene rings is 2. The number of aromatic nitrogens is 2. The molecule has 30 heavy (non-hydrogen) atoms. The molecule has 0 bridgehead atoms. The van der Waals surface area contributed by atoms with E-state index in [2.05, 4.69) is 27.4 Å². The van der Waals surface area contributed by atoms with Gasteiger partial charge in [0.15, 0.2) is 0 Å². The Morgan fingerprint density at radius 2 is 1.87 bits per heavy atom. The van der Waals surface area contributed by atoms with E-state index in [-0.39, 0.29) is 23.9 Å². The van der Waals surface area contributed by atoms with Crippen molar-refractivity contribution in [3.63, 3.8) is 0 Å². The number of nitrogens with zero attached hydrogens (tertiary/aromatic N) is 1. The molecule has 6 nitrogen and oxygen atoms in total. The summed E-state index contributed by atoms with van der Waals surface area (Å²) >= 11 is 0. The molecule has 0 atom stereocenters. The third-order valence-corrected chi connectivity index (χ3v) is 4.55. The van der Waals surface area contributed by atoms with Crippen LogP contribution in [0.15, 0.2) is 65.5 Å². The molecule has 0 aliphatic heterocycles. The van der Waals surface area contributed by atoms with E-state index in [1.807, 2.05) is 49.4 Å². The van der Waals surface area contributed by atoms with Gasteiger partial charge in [0.1, 0.15) is 0 Å². The van der Waals surface area contributed by atoms with Crippen LogP contribution in [0.3, 0.4) is 0 Å². The van der Waals surface area contributed by atoms with Crippen LogP contribution in [-0.2, 0) is 4.79 Å². The van der Waals surface area contributed by atoms with E-state index in [0.717, 1.165) is 42.5 Å². The maximum Gasteiger partial charge on any atom is 0.272 e. The zero-order valence-electron chi connectivity index (χ0n) is 17.0. The molecule has 1 aromatic heterocycles. The molecular formula is C23H27ClN4O2. The standard InChI is InChI=1S/C23H26N4O2.ClH/c1-16(2)15-24-13-6-5-12-21(28)25-18-9-7-8-17(14-18)22-19-10-3-4-11-20(19)23(29)27-26-22;/h3-4,7-11,14,24H,1,5-6,12-13,15H2,2H3,(H,25,28)(H,27,29);1H. The minimum Gasteiger partial charge on any atom is -0.326 e. The lowest BCUT2D eigenvalue weighted by molar-refractivity contribution is -0.116. The molecule has 1 heterocycles. The molecule has 0 aliphatic carbocycles. The summed E-state index contributed by atoms with van der Waals surface area (Å²) in [5.74, 6) is -0.0127. The Morgan fingerprint density at radius 3 is 2.63 bits per heavy atom. The van der Waals surface area contributed by atoms with Gasteiger partial charge in [0.2, 0.25) is 5.91 Å². The molecule has 7 heteroatoms. The van der Waals surface area contributed by atoms with E-state index in [9.17, 15) is 9.59 Å². The summed E-state index contributed by atoms with van der Waals surface area (Å²) < 4.78 is 0. The lowest BCUT2D eigenvalue weighted by Gasteiger charge is -2.09. The number of nitrogens with one attached hydrogen (secondary N) is 3. The quantitative estimate of drug-likeness (QED) is 0.352. The van der Waals surface area contributed by atoms with Gasteiger partial charge < -0.3 is 10.6 Å². The maximum atomic E-state index is 12.2. The fourth-order valence-corrected chi connectivity index (χ4v) is 3.14. The Hall–Kier alpha value is -2.96. The lowest BCUT2D eigenvalue weighted by atomic mass is 10.0. The second kappa shape index (κ2) is 11.3. The number of amides is 1. The van der Waals surface area contributed by atoms with E-state index in [1.54, 1.807) is 6.07 Å². The minimum absolute atomic E-state index is 0. The average molecular weight is 427 g/mol. The number of unbranched alkanes of at least 4 members (excludes halogenated alkanes) is 1. The Labute approximate surface area is 182 Å². The number of halogens is 1. The summed E-state index contributed by atoms with van der Waals surface area (Å²) in [6.07, 6.45) is 2.23. The summed E-state index contributed by atoms with van der Waals surface area (Å²) in [6.45, 7) is 7.52. The molecule has 3 rings (SSSR count). The molecule has 0 saturated heterocycles. The number of fused-ring (bicyclic) bond motifs is 1. The highest BCUT2D eigenvalue weighted by Crippen LogP contribution is 2.26. The first-order chi connectivity index (χ1) is 14.0. The molecule has 3 N–H and O–H groups in total. The van der Waals surface area contributed by atoms with Gasteiger partial charge in [-0.05, 0) is 44.5 Å². The van der Waals surface area contributed by atoms with Gasteiger partial charge in [-0.1, -0.05) is 42.5 Å². The van der Waals surface area contributed by atoms with Crippen molar-refractivity contribution in [1.29, 1.82) is 0 Å². The van der Waals surface area contributed by atoms with Gasteiger partial charge in [-0.3, -0.25) is 9.59 Å². The van der Waals surface area contributed by atoms with E-state index in [1.165, 1.54) is 0 Å². The van der Waals surface area contributed by atoms with Crippen LogP contribution in [-0.4, -0.2) is 29.2 Å². The monoisotopic (exact) mass is 426 g/mol. The number of H-pyrrole nitrogens is 1. The van der Waals surface area contributed by atoms with Crippen LogP contribution in [0.2, 0.25) is 0 Å². The van der Waals surface area contributed by atoms with Crippen molar-refractivity contribution in [2.45, 2.75) is 26.2 Å². The average Bonchev–Trinajstić information content (AvgIpc) is 2.71. The predicted octanol–water partition coefficient (Wildman–Crippen LogP) is 4.29. The highest BCUT2D eigenvalue weighted by Gasteiger charge is 2.10. The maximum absolute atomic E-state index is 12.2. The number of carbonyl (C=O) groups excluding carboxylic acids is 1. The molecule has 1 amide bonds. The van der Waals surface area contributed by atoms with Crippen molar-refractivity contribution in [1.82, 2.24) is 15.5 Å². The van der Waals surface area contributed by atoms with Crippen molar-refractivity contribution in [3.8, 4) is 11.3 Å². The first-order valence-corrected chi connectivity index (χ1v) is 9.77. The largest absolute Gasteiger partial charge is 0.326 e. The second-order valence-corrected chi connectivity index (χ2v) is 7.17. The number of hydrogen-bond acceptors (Lipinski definition) is 4. The van der Waals surface area contributed by atoms with Gasteiger partial charge in [0.05, 0.1) is 11.1 Å². The number of hydrogen-bond donors (Lipinski definition) is 3. The molecule has 0 unspecified atom stereocenters.